The summed E-state index contributed by atoms with van der Waals surface area (Å²) in [6.45, 7) is 5.30. The highest BCUT2D eigenvalue weighted by Gasteiger charge is 2.62. The predicted molar refractivity (Wildman–Crippen MR) is 202 cm³/mol. The van der Waals surface area contributed by atoms with Crippen LogP contribution in [0, 0.1) is 11.8 Å². The molecule has 0 aromatic carbocycles. The summed E-state index contributed by atoms with van der Waals surface area (Å²) in [5.74, 6) is -2.14. The maximum Gasteiger partial charge on any atom is 0.318 e. The third-order valence-electron chi connectivity index (χ3n) is 12.0. The van der Waals surface area contributed by atoms with Gasteiger partial charge in [-0.1, -0.05) is 31.1 Å². The van der Waals surface area contributed by atoms with Crippen molar-refractivity contribution in [1.29, 1.82) is 0 Å². The molecular formula is C39H49N7O8S. The fourth-order valence-electron chi connectivity index (χ4n) is 8.57. The van der Waals surface area contributed by atoms with Crippen LogP contribution >= 0.6 is 0 Å². The Kier molecular flexibility index (Phi) is 10.3. The van der Waals surface area contributed by atoms with Gasteiger partial charge in [0.25, 0.3) is 5.91 Å². The maximum atomic E-state index is 14.8. The van der Waals surface area contributed by atoms with Gasteiger partial charge < -0.3 is 29.9 Å². The number of amides is 5. The quantitative estimate of drug-likeness (QED) is 0.353. The van der Waals surface area contributed by atoms with Crippen molar-refractivity contribution in [2.75, 3.05) is 26.2 Å². The maximum absolute atomic E-state index is 14.8. The lowest BCUT2D eigenvalue weighted by molar-refractivity contribution is -0.142. The lowest BCUT2D eigenvalue weighted by Crippen LogP contribution is -2.59. The van der Waals surface area contributed by atoms with Gasteiger partial charge in [-0.15, -0.1) is 6.58 Å². The van der Waals surface area contributed by atoms with Crippen LogP contribution in [-0.2, 0) is 29.1 Å². The number of hydrogen-bond donors (Lipinski definition) is 3. The second kappa shape index (κ2) is 15.2. The summed E-state index contributed by atoms with van der Waals surface area (Å²) in [6, 6.07) is 1.51. The van der Waals surface area contributed by atoms with E-state index in [4.69, 9.17) is 14.5 Å². The van der Waals surface area contributed by atoms with Crippen molar-refractivity contribution in [3.63, 3.8) is 0 Å². The molecule has 55 heavy (non-hydrogen) atoms. The van der Waals surface area contributed by atoms with E-state index in [9.17, 15) is 27.6 Å². The van der Waals surface area contributed by atoms with Crippen LogP contribution in [0.15, 0.2) is 43.3 Å². The van der Waals surface area contributed by atoms with E-state index in [2.05, 4.69) is 26.9 Å². The molecular weight excluding hydrogens is 727 g/mol. The fraction of sp³-hybridized carbons (Fsp3) is 0.590. The first-order valence-corrected chi connectivity index (χ1v) is 21.2. The molecule has 16 heteroatoms. The normalized spacial score (nSPS) is 31.0. The van der Waals surface area contributed by atoms with E-state index in [0.717, 1.165) is 49.5 Å². The van der Waals surface area contributed by atoms with E-state index in [0.29, 0.717) is 50.4 Å². The molecule has 15 nitrogen and oxygen atoms in total. The number of carbonyl (C=O) groups excluding carboxylic acids is 4. The first kappa shape index (κ1) is 37.4. The molecule has 6 atom stereocenters. The van der Waals surface area contributed by atoms with Gasteiger partial charge >= 0.3 is 6.03 Å². The van der Waals surface area contributed by atoms with Crippen LogP contribution in [0.3, 0.4) is 0 Å². The number of rotatable bonds is 7. The average Bonchev–Trinajstić information content (AvgIpc) is 3.94. The molecule has 4 bridgehead atoms. The SMILES string of the molecule is C=C[C@@H]1C[C@]1(NC(=O)[C@@H]1C[C@@H]2CN1C(=O)[C@H](C1CCCC1)NC(=O)N1CC[C@@H](C1)OCCC/C=C/c1cc3ccncc3nc1O2)C(=O)NS(=O)(=O)C1CC1. The number of fused-ring (bicyclic) bond motifs is 6. The van der Waals surface area contributed by atoms with Gasteiger partial charge in [0.15, 0.2) is 0 Å². The zero-order valence-corrected chi connectivity index (χ0v) is 31.7. The van der Waals surface area contributed by atoms with Crippen molar-refractivity contribution < 1.29 is 37.1 Å². The van der Waals surface area contributed by atoms with Gasteiger partial charge in [-0.25, -0.2) is 18.2 Å². The number of ether oxygens (including phenoxy) is 2. The molecule has 2 saturated heterocycles. The Hall–Kier alpha value is -4.57. The number of sulfonamides is 1. The summed E-state index contributed by atoms with van der Waals surface area (Å²) in [4.78, 5) is 68.8. The number of nitrogens with one attached hydrogen (secondary N) is 3. The molecule has 3 aliphatic carbocycles. The molecule has 0 spiro atoms. The molecule has 5 amide bonds. The van der Waals surface area contributed by atoms with E-state index >= 15 is 0 Å². The Labute approximate surface area is 320 Å². The van der Waals surface area contributed by atoms with Crippen molar-refractivity contribution in [2.24, 2.45) is 11.8 Å². The van der Waals surface area contributed by atoms with Gasteiger partial charge in [-0.05, 0) is 69.4 Å². The Morgan fingerprint density at radius 2 is 1.89 bits per heavy atom. The minimum atomic E-state index is -3.89. The van der Waals surface area contributed by atoms with Crippen LogP contribution in [0.1, 0.15) is 76.2 Å². The molecule has 6 aliphatic rings. The molecule has 5 fully saturated rings. The van der Waals surface area contributed by atoms with Crippen LogP contribution in [0.25, 0.3) is 17.0 Å². The van der Waals surface area contributed by atoms with Crippen molar-refractivity contribution in [2.45, 2.75) is 106 Å². The van der Waals surface area contributed by atoms with Gasteiger partial charge in [0.05, 0.1) is 29.6 Å². The van der Waals surface area contributed by atoms with E-state index < -0.39 is 62.6 Å². The molecule has 0 unspecified atom stereocenters. The van der Waals surface area contributed by atoms with Gasteiger partial charge in [0.2, 0.25) is 27.7 Å². The molecule has 2 aromatic rings. The van der Waals surface area contributed by atoms with Gasteiger partial charge in [-0.3, -0.25) is 24.1 Å². The molecule has 3 N–H and O–H groups in total. The van der Waals surface area contributed by atoms with E-state index in [1.54, 1.807) is 17.3 Å². The first-order chi connectivity index (χ1) is 26.5. The number of pyridine rings is 2. The van der Waals surface area contributed by atoms with Crippen molar-refractivity contribution in [1.82, 2.24) is 35.1 Å². The number of nitrogens with zero attached hydrogens (tertiary/aromatic N) is 4. The molecule has 3 saturated carbocycles. The molecule has 3 aliphatic heterocycles. The van der Waals surface area contributed by atoms with Crippen LogP contribution in [0.4, 0.5) is 4.79 Å². The predicted octanol–water partition coefficient (Wildman–Crippen LogP) is 2.81. The highest BCUT2D eigenvalue weighted by atomic mass is 32.2. The van der Waals surface area contributed by atoms with E-state index in [-0.39, 0.29) is 37.4 Å². The van der Waals surface area contributed by atoms with Crippen LogP contribution in [0.2, 0.25) is 0 Å². The molecule has 294 valence electrons. The van der Waals surface area contributed by atoms with Crippen LogP contribution < -0.4 is 20.1 Å². The highest BCUT2D eigenvalue weighted by molar-refractivity contribution is 7.91. The number of carbonyl (C=O) groups is 4. The minimum absolute atomic E-state index is 0.0195. The summed E-state index contributed by atoms with van der Waals surface area (Å²) in [5.41, 5.74) is -0.184. The van der Waals surface area contributed by atoms with Crippen LogP contribution in [0.5, 0.6) is 5.88 Å². The Bertz CT molecular complexity index is 2000. The minimum Gasteiger partial charge on any atom is -0.472 e. The Balaban J connectivity index is 1.12. The fourth-order valence-corrected chi connectivity index (χ4v) is 9.93. The largest absolute Gasteiger partial charge is 0.472 e. The highest BCUT2D eigenvalue weighted by Crippen LogP contribution is 2.45. The average molecular weight is 776 g/mol. The molecule has 0 radical (unpaired) electrons. The van der Waals surface area contributed by atoms with Gasteiger partial charge in [0, 0.05) is 49.2 Å². The van der Waals surface area contributed by atoms with E-state index in [1.807, 2.05) is 24.3 Å². The smallest absolute Gasteiger partial charge is 0.318 e. The summed E-state index contributed by atoms with van der Waals surface area (Å²) in [6.07, 6.45) is 14.8. The number of urea groups is 1. The topological polar surface area (TPSA) is 189 Å². The Morgan fingerprint density at radius 1 is 1.07 bits per heavy atom. The monoisotopic (exact) mass is 775 g/mol. The zero-order chi connectivity index (χ0) is 38.3. The third kappa shape index (κ3) is 7.80. The summed E-state index contributed by atoms with van der Waals surface area (Å²) in [5, 5.41) is 6.16. The second-order valence-electron chi connectivity index (χ2n) is 15.9. The lowest BCUT2D eigenvalue weighted by atomic mass is 9.96. The number of aromatic nitrogens is 2. The molecule has 8 rings (SSSR count). The third-order valence-corrected chi connectivity index (χ3v) is 13.8. The summed E-state index contributed by atoms with van der Waals surface area (Å²) < 4.78 is 40.5. The Morgan fingerprint density at radius 3 is 2.65 bits per heavy atom. The standard InChI is InChI=1S/C39H49N7O8S/c1-2-27-20-39(27,37(49)44-55(51,52)30-11-12-30)43-34(47)32-19-29-23-46(32)36(48)33(24-8-5-6-9-24)42-38(50)45-16-14-28(22-45)53-17-7-3-4-10-26-18-25-13-15-40-21-31(25)41-35(26)54-29/h2,4,10,13,15,18,21,24,27-30,32-33H,1,3,5-9,11-12,14,16-17,19-20,22-23H2,(H,42,50)(H,43,47)(H,44,49)/b10-4+/t27-,28+,29-,32+,33+,39-/m1/s1. The lowest BCUT2D eigenvalue weighted by Gasteiger charge is -2.33. The molecule has 2 aromatic heterocycles. The van der Waals surface area contributed by atoms with E-state index in [1.165, 1.54) is 11.0 Å². The van der Waals surface area contributed by atoms with Crippen LogP contribution in [-0.4, -0.2) is 113 Å². The van der Waals surface area contributed by atoms with Gasteiger partial charge in [0.1, 0.15) is 23.7 Å². The second-order valence-corrected chi connectivity index (χ2v) is 17.8. The van der Waals surface area contributed by atoms with Crippen molar-refractivity contribution >= 4 is 50.8 Å². The zero-order valence-electron chi connectivity index (χ0n) is 30.9. The number of hydrogen-bond acceptors (Lipinski definition) is 10. The van der Waals surface area contributed by atoms with Crippen molar-refractivity contribution in [3.05, 3.63) is 48.8 Å². The first-order valence-electron chi connectivity index (χ1n) is 19.6. The van der Waals surface area contributed by atoms with Crippen molar-refractivity contribution in [3.8, 4) is 5.88 Å². The summed E-state index contributed by atoms with van der Waals surface area (Å²) >= 11 is 0. The number of allylic oxidation sites excluding steroid dienone is 1. The van der Waals surface area contributed by atoms with Gasteiger partial charge in [-0.2, -0.15) is 0 Å². The summed E-state index contributed by atoms with van der Waals surface area (Å²) in [7, 11) is -3.89. The molecule has 5 heterocycles.